The summed E-state index contributed by atoms with van der Waals surface area (Å²) in [6, 6.07) is 14.2. The Balaban J connectivity index is 1.88. The first-order valence-electron chi connectivity index (χ1n) is 10.1. The van der Waals surface area contributed by atoms with Gasteiger partial charge >= 0.3 is 6.09 Å². The Labute approximate surface area is 188 Å². The molecule has 0 aliphatic carbocycles. The molecule has 0 atom stereocenters. The van der Waals surface area contributed by atoms with Crippen LogP contribution in [0.1, 0.15) is 32.8 Å². The Morgan fingerprint density at radius 2 is 1.56 bits per heavy atom. The Hall–Kier alpha value is -3.81. The van der Waals surface area contributed by atoms with E-state index in [0.717, 1.165) is 11.3 Å². The van der Waals surface area contributed by atoms with Crippen LogP contribution in [0.3, 0.4) is 0 Å². The predicted octanol–water partition coefficient (Wildman–Crippen LogP) is 4.20. The highest BCUT2D eigenvalue weighted by atomic mass is 16.6. The number of rotatable bonds is 8. The van der Waals surface area contributed by atoms with Gasteiger partial charge in [-0.05, 0) is 56.7 Å². The summed E-state index contributed by atoms with van der Waals surface area (Å²) >= 11 is 0. The summed E-state index contributed by atoms with van der Waals surface area (Å²) in [5.41, 5.74) is 1.16. The van der Waals surface area contributed by atoms with Gasteiger partial charge in [-0.25, -0.2) is 4.79 Å². The number of benzene rings is 2. The standard InChI is InChI=1S/C24H29N3O5/c1-24(2,3)32-23(30)25-16-15-22(29)27-20-8-6-5-7-19(20)26-21(28)14-11-17-9-12-18(31-4)13-10-17/h5-14H,15-16H2,1-4H3,(H,25,30)(H,26,28)(H,27,29)/b14-11+. The molecule has 0 aliphatic rings. The van der Waals surface area contributed by atoms with Gasteiger partial charge in [0.25, 0.3) is 0 Å². The lowest BCUT2D eigenvalue weighted by atomic mass is 10.2. The van der Waals surface area contributed by atoms with Crippen molar-refractivity contribution in [2.24, 2.45) is 0 Å². The third-order valence-corrected chi connectivity index (χ3v) is 4.02. The number of carbonyl (C=O) groups is 3. The minimum atomic E-state index is -0.606. The second kappa shape index (κ2) is 11.5. The van der Waals surface area contributed by atoms with E-state index in [4.69, 9.17) is 9.47 Å². The molecule has 170 valence electrons. The van der Waals surface area contributed by atoms with Crippen molar-refractivity contribution in [1.82, 2.24) is 5.32 Å². The van der Waals surface area contributed by atoms with Crippen LogP contribution in [0, 0.1) is 0 Å². The quantitative estimate of drug-likeness (QED) is 0.535. The normalized spacial score (nSPS) is 11.0. The molecule has 32 heavy (non-hydrogen) atoms. The Morgan fingerprint density at radius 1 is 0.938 bits per heavy atom. The summed E-state index contributed by atoms with van der Waals surface area (Å²) in [6.45, 7) is 5.41. The van der Waals surface area contributed by atoms with Gasteiger partial charge in [-0.1, -0.05) is 24.3 Å². The molecule has 2 aromatic carbocycles. The summed E-state index contributed by atoms with van der Waals surface area (Å²) in [7, 11) is 1.59. The summed E-state index contributed by atoms with van der Waals surface area (Å²) in [5.74, 6) is 0.0863. The molecule has 0 aromatic heterocycles. The second-order valence-electron chi connectivity index (χ2n) is 7.87. The lowest BCUT2D eigenvalue weighted by molar-refractivity contribution is -0.116. The number of ether oxygens (including phenoxy) is 2. The number of amides is 3. The largest absolute Gasteiger partial charge is 0.497 e. The first-order valence-corrected chi connectivity index (χ1v) is 10.1. The van der Waals surface area contributed by atoms with E-state index in [-0.39, 0.29) is 24.8 Å². The second-order valence-corrected chi connectivity index (χ2v) is 7.87. The van der Waals surface area contributed by atoms with E-state index in [1.54, 1.807) is 70.4 Å². The molecule has 0 unspecified atom stereocenters. The van der Waals surface area contributed by atoms with Gasteiger partial charge in [0.05, 0.1) is 18.5 Å². The van der Waals surface area contributed by atoms with Crippen LogP contribution in [-0.2, 0) is 14.3 Å². The number of carbonyl (C=O) groups excluding carboxylic acids is 3. The zero-order valence-corrected chi connectivity index (χ0v) is 18.7. The first-order chi connectivity index (χ1) is 15.2. The van der Waals surface area contributed by atoms with Crippen LogP contribution in [0.15, 0.2) is 54.6 Å². The van der Waals surface area contributed by atoms with Crippen molar-refractivity contribution in [2.45, 2.75) is 32.8 Å². The molecular formula is C24H29N3O5. The summed E-state index contributed by atoms with van der Waals surface area (Å²) in [4.78, 5) is 36.2. The van der Waals surface area contributed by atoms with E-state index >= 15 is 0 Å². The third kappa shape index (κ3) is 8.91. The van der Waals surface area contributed by atoms with Gasteiger partial charge in [0.15, 0.2) is 0 Å². The van der Waals surface area contributed by atoms with Crippen molar-refractivity contribution in [3.8, 4) is 5.75 Å². The van der Waals surface area contributed by atoms with Crippen LogP contribution in [0.2, 0.25) is 0 Å². The van der Waals surface area contributed by atoms with Crippen molar-refractivity contribution in [2.75, 3.05) is 24.3 Å². The van der Waals surface area contributed by atoms with Gasteiger partial charge in [0.2, 0.25) is 11.8 Å². The third-order valence-electron chi connectivity index (χ3n) is 4.02. The van der Waals surface area contributed by atoms with Crippen LogP contribution in [0.5, 0.6) is 5.75 Å². The van der Waals surface area contributed by atoms with Gasteiger partial charge in [0.1, 0.15) is 11.4 Å². The van der Waals surface area contributed by atoms with Crippen molar-refractivity contribution >= 4 is 35.4 Å². The fraction of sp³-hybridized carbons (Fsp3) is 0.292. The molecule has 0 saturated carbocycles. The molecule has 0 saturated heterocycles. The lowest BCUT2D eigenvalue weighted by Gasteiger charge is -2.19. The van der Waals surface area contributed by atoms with E-state index in [9.17, 15) is 14.4 Å². The van der Waals surface area contributed by atoms with E-state index in [2.05, 4.69) is 16.0 Å². The van der Waals surface area contributed by atoms with Crippen LogP contribution in [0.4, 0.5) is 16.2 Å². The molecule has 8 heteroatoms. The molecule has 0 spiro atoms. The Bertz CT molecular complexity index is 962. The average Bonchev–Trinajstić information content (AvgIpc) is 2.72. The van der Waals surface area contributed by atoms with Gasteiger partial charge < -0.3 is 25.4 Å². The highest BCUT2D eigenvalue weighted by molar-refractivity contribution is 6.05. The minimum Gasteiger partial charge on any atom is -0.497 e. The molecule has 0 aliphatic heterocycles. The molecule has 0 fully saturated rings. The maximum absolute atomic E-state index is 12.3. The van der Waals surface area contributed by atoms with Crippen LogP contribution >= 0.6 is 0 Å². The van der Waals surface area contributed by atoms with Crippen molar-refractivity contribution < 1.29 is 23.9 Å². The molecule has 2 rings (SSSR count). The maximum Gasteiger partial charge on any atom is 0.407 e. The summed E-state index contributed by atoms with van der Waals surface area (Å²) < 4.78 is 10.2. The molecule has 3 N–H and O–H groups in total. The highest BCUT2D eigenvalue weighted by Gasteiger charge is 2.16. The molecule has 0 heterocycles. The van der Waals surface area contributed by atoms with E-state index in [0.29, 0.717) is 11.4 Å². The molecule has 0 radical (unpaired) electrons. The van der Waals surface area contributed by atoms with Crippen LogP contribution in [0.25, 0.3) is 6.08 Å². The van der Waals surface area contributed by atoms with Crippen molar-refractivity contribution in [1.29, 1.82) is 0 Å². The minimum absolute atomic E-state index is 0.0545. The number of methoxy groups -OCH3 is 1. The Kier molecular flexibility index (Phi) is 8.83. The number of alkyl carbamates (subject to hydrolysis) is 1. The summed E-state index contributed by atoms with van der Waals surface area (Å²) in [5, 5.41) is 8.03. The van der Waals surface area contributed by atoms with Gasteiger partial charge in [0, 0.05) is 19.0 Å². The molecule has 2 aromatic rings. The molecule has 8 nitrogen and oxygen atoms in total. The highest BCUT2D eigenvalue weighted by Crippen LogP contribution is 2.21. The number of hydrogen-bond acceptors (Lipinski definition) is 5. The number of para-hydroxylation sites is 2. The number of hydrogen-bond donors (Lipinski definition) is 3. The van der Waals surface area contributed by atoms with Crippen LogP contribution < -0.4 is 20.7 Å². The van der Waals surface area contributed by atoms with E-state index < -0.39 is 11.7 Å². The number of nitrogens with one attached hydrogen (secondary N) is 3. The molecular weight excluding hydrogens is 410 g/mol. The topological polar surface area (TPSA) is 106 Å². The van der Waals surface area contributed by atoms with E-state index in [1.807, 2.05) is 12.1 Å². The first kappa shape index (κ1) is 24.5. The van der Waals surface area contributed by atoms with Crippen molar-refractivity contribution in [3.63, 3.8) is 0 Å². The zero-order valence-electron chi connectivity index (χ0n) is 18.7. The SMILES string of the molecule is COc1ccc(/C=C/C(=O)Nc2ccccc2NC(=O)CCNC(=O)OC(C)(C)C)cc1. The van der Waals surface area contributed by atoms with Gasteiger partial charge in [-0.2, -0.15) is 0 Å². The monoisotopic (exact) mass is 439 g/mol. The molecule has 3 amide bonds. The fourth-order valence-corrected chi connectivity index (χ4v) is 2.57. The van der Waals surface area contributed by atoms with Gasteiger partial charge in [-0.15, -0.1) is 0 Å². The average molecular weight is 440 g/mol. The lowest BCUT2D eigenvalue weighted by Crippen LogP contribution is -2.34. The predicted molar refractivity (Wildman–Crippen MR) is 125 cm³/mol. The van der Waals surface area contributed by atoms with Gasteiger partial charge in [-0.3, -0.25) is 9.59 Å². The maximum atomic E-state index is 12.3. The zero-order chi connectivity index (χ0) is 23.6. The Morgan fingerprint density at radius 3 is 2.16 bits per heavy atom. The fourth-order valence-electron chi connectivity index (χ4n) is 2.57. The van der Waals surface area contributed by atoms with Crippen LogP contribution in [-0.4, -0.2) is 37.2 Å². The molecule has 0 bridgehead atoms. The smallest absolute Gasteiger partial charge is 0.407 e. The van der Waals surface area contributed by atoms with Crippen molar-refractivity contribution in [3.05, 3.63) is 60.2 Å². The number of anilines is 2. The van der Waals surface area contributed by atoms with E-state index in [1.165, 1.54) is 6.08 Å². The summed E-state index contributed by atoms with van der Waals surface area (Å²) in [6.07, 6.45) is 2.56.